The van der Waals surface area contributed by atoms with Gasteiger partial charge in [-0.2, -0.15) is 4.98 Å². The summed E-state index contributed by atoms with van der Waals surface area (Å²) in [4.78, 5) is 7.49. The molecule has 2 heterocycles. The fraction of sp³-hybridized carbons (Fsp3) is 0.231. The maximum Gasteiger partial charge on any atom is 0.240 e. The molecule has 0 radical (unpaired) electrons. The standard InChI is InChI=1S/C13H14N4O2/c1-7-5-9-10(15-7)4-3-8(12(9)18-2)13-16-11(6-14)19-17-13/h3-5,15H,6,14H2,1-2H3. The number of ether oxygens (including phenoxy) is 1. The molecule has 0 spiro atoms. The Hall–Kier alpha value is -2.34. The Kier molecular flexibility index (Phi) is 2.72. The molecular weight excluding hydrogens is 244 g/mol. The van der Waals surface area contributed by atoms with E-state index < -0.39 is 0 Å². The first-order valence-corrected chi connectivity index (χ1v) is 5.92. The number of H-pyrrole nitrogens is 1. The predicted molar refractivity (Wildman–Crippen MR) is 70.8 cm³/mol. The highest BCUT2D eigenvalue weighted by Gasteiger charge is 2.16. The number of fused-ring (bicyclic) bond motifs is 1. The highest BCUT2D eigenvalue weighted by atomic mass is 16.5. The Morgan fingerprint density at radius 1 is 1.42 bits per heavy atom. The first-order chi connectivity index (χ1) is 9.22. The van der Waals surface area contributed by atoms with Crippen molar-refractivity contribution in [2.75, 3.05) is 7.11 Å². The summed E-state index contributed by atoms with van der Waals surface area (Å²) in [6.45, 7) is 2.22. The van der Waals surface area contributed by atoms with E-state index in [1.807, 2.05) is 25.1 Å². The largest absolute Gasteiger partial charge is 0.495 e. The fourth-order valence-electron chi connectivity index (χ4n) is 2.16. The second-order valence-corrected chi connectivity index (χ2v) is 4.28. The molecule has 98 valence electrons. The molecule has 0 bridgehead atoms. The van der Waals surface area contributed by atoms with Gasteiger partial charge < -0.3 is 20.0 Å². The van der Waals surface area contributed by atoms with Gasteiger partial charge in [-0.25, -0.2) is 0 Å². The van der Waals surface area contributed by atoms with Crippen molar-refractivity contribution in [1.29, 1.82) is 0 Å². The minimum Gasteiger partial charge on any atom is -0.495 e. The van der Waals surface area contributed by atoms with Crippen molar-refractivity contribution >= 4 is 10.9 Å². The number of hydrogen-bond acceptors (Lipinski definition) is 5. The molecule has 6 nitrogen and oxygen atoms in total. The molecule has 19 heavy (non-hydrogen) atoms. The molecule has 2 aromatic heterocycles. The van der Waals surface area contributed by atoms with Gasteiger partial charge in [0.05, 0.1) is 19.2 Å². The smallest absolute Gasteiger partial charge is 0.240 e. The van der Waals surface area contributed by atoms with Crippen molar-refractivity contribution in [3.05, 3.63) is 29.8 Å². The van der Waals surface area contributed by atoms with Gasteiger partial charge in [0, 0.05) is 16.6 Å². The van der Waals surface area contributed by atoms with E-state index in [4.69, 9.17) is 15.0 Å². The highest BCUT2D eigenvalue weighted by Crippen LogP contribution is 2.35. The molecule has 1 aromatic carbocycles. The average molecular weight is 258 g/mol. The van der Waals surface area contributed by atoms with E-state index in [0.29, 0.717) is 11.7 Å². The zero-order valence-corrected chi connectivity index (χ0v) is 10.7. The predicted octanol–water partition coefficient (Wildman–Crippen LogP) is 1.99. The molecule has 0 aliphatic carbocycles. The minimum atomic E-state index is 0.223. The van der Waals surface area contributed by atoms with Crippen LogP contribution in [0.3, 0.4) is 0 Å². The topological polar surface area (TPSA) is 90.0 Å². The number of methoxy groups -OCH3 is 1. The van der Waals surface area contributed by atoms with Crippen LogP contribution in [0.4, 0.5) is 0 Å². The second-order valence-electron chi connectivity index (χ2n) is 4.28. The molecule has 0 fully saturated rings. The SMILES string of the molecule is COc1c(-c2noc(CN)n2)ccc2[nH]c(C)cc12. The first-order valence-electron chi connectivity index (χ1n) is 5.92. The number of hydrogen-bond donors (Lipinski definition) is 2. The monoisotopic (exact) mass is 258 g/mol. The summed E-state index contributed by atoms with van der Waals surface area (Å²) in [6.07, 6.45) is 0. The summed E-state index contributed by atoms with van der Waals surface area (Å²) in [5.74, 6) is 1.62. The van der Waals surface area contributed by atoms with Crippen molar-refractivity contribution in [3.63, 3.8) is 0 Å². The average Bonchev–Trinajstić information content (AvgIpc) is 3.02. The van der Waals surface area contributed by atoms with Crippen LogP contribution in [0.25, 0.3) is 22.3 Å². The molecule has 3 N–H and O–H groups in total. The summed E-state index contributed by atoms with van der Waals surface area (Å²) < 4.78 is 10.5. The van der Waals surface area contributed by atoms with E-state index in [1.165, 1.54) is 0 Å². The lowest BCUT2D eigenvalue weighted by atomic mass is 10.1. The Morgan fingerprint density at radius 3 is 2.95 bits per heavy atom. The van der Waals surface area contributed by atoms with Gasteiger partial charge in [-0.15, -0.1) is 0 Å². The maximum atomic E-state index is 5.50. The number of nitrogens with one attached hydrogen (secondary N) is 1. The van der Waals surface area contributed by atoms with Crippen LogP contribution in [0.1, 0.15) is 11.6 Å². The van der Waals surface area contributed by atoms with Crippen LogP contribution in [0.15, 0.2) is 22.7 Å². The van der Waals surface area contributed by atoms with Crippen molar-refractivity contribution in [2.45, 2.75) is 13.5 Å². The number of benzene rings is 1. The normalized spacial score (nSPS) is 11.1. The molecule has 0 saturated heterocycles. The third-order valence-corrected chi connectivity index (χ3v) is 2.98. The molecule has 0 unspecified atom stereocenters. The van der Waals surface area contributed by atoms with Crippen molar-refractivity contribution in [2.24, 2.45) is 5.73 Å². The van der Waals surface area contributed by atoms with Gasteiger partial charge >= 0.3 is 0 Å². The summed E-state index contributed by atoms with van der Waals surface area (Å²) in [6, 6.07) is 5.91. The van der Waals surface area contributed by atoms with Crippen LogP contribution in [-0.2, 0) is 6.54 Å². The fourth-order valence-corrected chi connectivity index (χ4v) is 2.16. The molecule has 0 amide bonds. The zero-order valence-electron chi connectivity index (χ0n) is 10.7. The number of nitrogens with two attached hydrogens (primary N) is 1. The highest BCUT2D eigenvalue weighted by molar-refractivity contribution is 5.93. The van der Waals surface area contributed by atoms with Crippen LogP contribution in [0.2, 0.25) is 0 Å². The first kappa shape index (κ1) is 11.7. The molecule has 3 aromatic rings. The number of aryl methyl sites for hydroxylation is 1. The molecule has 0 aliphatic rings. The van der Waals surface area contributed by atoms with E-state index in [2.05, 4.69) is 15.1 Å². The van der Waals surface area contributed by atoms with E-state index in [1.54, 1.807) is 7.11 Å². The van der Waals surface area contributed by atoms with E-state index in [-0.39, 0.29) is 6.54 Å². The van der Waals surface area contributed by atoms with Gasteiger partial charge in [0.2, 0.25) is 11.7 Å². The number of aromatic amines is 1. The van der Waals surface area contributed by atoms with Gasteiger partial charge in [-0.05, 0) is 25.1 Å². The number of aromatic nitrogens is 3. The van der Waals surface area contributed by atoms with Crippen LogP contribution in [0.5, 0.6) is 5.75 Å². The van der Waals surface area contributed by atoms with Crippen LogP contribution in [-0.4, -0.2) is 22.2 Å². The third kappa shape index (κ3) is 1.86. The molecular formula is C13H14N4O2. The van der Waals surface area contributed by atoms with Gasteiger partial charge in [-0.1, -0.05) is 5.16 Å². The number of rotatable bonds is 3. The zero-order chi connectivity index (χ0) is 13.4. The van der Waals surface area contributed by atoms with Gasteiger partial charge in [0.25, 0.3) is 0 Å². The van der Waals surface area contributed by atoms with Gasteiger partial charge in [-0.3, -0.25) is 0 Å². The van der Waals surface area contributed by atoms with E-state index >= 15 is 0 Å². The lowest BCUT2D eigenvalue weighted by molar-refractivity contribution is 0.380. The Balaban J connectivity index is 2.22. The molecule has 0 atom stereocenters. The minimum absolute atomic E-state index is 0.223. The Labute approximate surface area is 109 Å². The summed E-state index contributed by atoms with van der Waals surface area (Å²) in [5, 5.41) is 4.92. The molecule has 0 aliphatic heterocycles. The second kappa shape index (κ2) is 4.40. The van der Waals surface area contributed by atoms with Crippen molar-refractivity contribution in [1.82, 2.24) is 15.1 Å². The van der Waals surface area contributed by atoms with Crippen LogP contribution < -0.4 is 10.5 Å². The van der Waals surface area contributed by atoms with Crippen molar-refractivity contribution in [3.8, 4) is 17.1 Å². The van der Waals surface area contributed by atoms with Gasteiger partial charge in [0.1, 0.15) is 5.75 Å². The van der Waals surface area contributed by atoms with E-state index in [9.17, 15) is 0 Å². The van der Waals surface area contributed by atoms with Gasteiger partial charge in [0.15, 0.2) is 0 Å². The van der Waals surface area contributed by atoms with Crippen molar-refractivity contribution < 1.29 is 9.26 Å². The Morgan fingerprint density at radius 2 is 2.26 bits per heavy atom. The molecule has 6 heteroatoms. The summed E-state index contributed by atoms with van der Waals surface area (Å²) >= 11 is 0. The molecule has 3 rings (SSSR count). The summed E-state index contributed by atoms with van der Waals surface area (Å²) in [7, 11) is 1.63. The Bertz CT molecular complexity index is 729. The van der Waals surface area contributed by atoms with Crippen LogP contribution >= 0.6 is 0 Å². The maximum absolute atomic E-state index is 5.50. The number of nitrogens with zero attached hydrogens (tertiary/aromatic N) is 2. The van der Waals surface area contributed by atoms with E-state index in [0.717, 1.165) is 27.9 Å². The third-order valence-electron chi connectivity index (χ3n) is 2.98. The lowest BCUT2D eigenvalue weighted by Crippen LogP contribution is -1.96. The quantitative estimate of drug-likeness (QED) is 0.749. The van der Waals surface area contributed by atoms with Crippen LogP contribution in [0, 0.1) is 6.92 Å². The molecule has 0 saturated carbocycles. The summed E-state index contributed by atoms with van der Waals surface area (Å²) in [5.41, 5.74) is 8.35. The lowest BCUT2D eigenvalue weighted by Gasteiger charge is -2.06.